The third-order valence-corrected chi connectivity index (χ3v) is 7.27. The van der Waals surface area contributed by atoms with Crippen LogP contribution in [0.2, 0.25) is 10.0 Å². The van der Waals surface area contributed by atoms with Crippen LogP contribution in [0.1, 0.15) is 44.7 Å². The molecule has 1 atom stereocenters. The smallest absolute Gasteiger partial charge is 0.242 e. The van der Waals surface area contributed by atoms with Crippen LogP contribution < -0.4 is 9.62 Å². The average molecular weight is 543 g/mol. The van der Waals surface area contributed by atoms with Gasteiger partial charge in [0.05, 0.1) is 11.9 Å². The number of rotatable bonds is 11. The van der Waals surface area contributed by atoms with Gasteiger partial charge < -0.3 is 10.2 Å². The molecule has 0 aliphatic carbocycles. The Kier molecular flexibility index (Phi) is 10.4. The Balaban J connectivity index is 2.22. The Labute approximate surface area is 218 Å². The molecule has 2 aromatic rings. The molecule has 10 heteroatoms. The number of amides is 2. The molecule has 0 spiro atoms. The minimum Gasteiger partial charge on any atom is -0.352 e. The fourth-order valence-corrected chi connectivity index (χ4v) is 5.01. The van der Waals surface area contributed by atoms with E-state index >= 15 is 0 Å². The minimum atomic E-state index is -3.60. The minimum absolute atomic E-state index is 0.0510. The van der Waals surface area contributed by atoms with Gasteiger partial charge in [0, 0.05) is 35.6 Å². The van der Waals surface area contributed by atoms with Gasteiger partial charge in [-0.2, -0.15) is 0 Å². The van der Waals surface area contributed by atoms with Gasteiger partial charge in [-0.1, -0.05) is 47.5 Å². The summed E-state index contributed by atoms with van der Waals surface area (Å²) >= 11 is 12.4. The number of nitrogens with one attached hydrogen (secondary N) is 1. The summed E-state index contributed by atoms with van der Waals surface area (Å²) in [6.07, 6.45) is 1.43. The maximum atomic E-state index is 13.3. The molecule has 0 saturated heterocycles. The van der Waals surface area contributed by atoms with Crippen LogP contribution in [-0.2, 0) is 26.2 Å². The second-order valence-corrected chi connectivity index (χ2v) is 11.6. The van der Waals surface area contributed by atoms with Crippen LogP contribution in [0.15, 0.2) is 42.5 Å². The topological polar surface area (TPSA) is 86.8 Å². The first-order valence-electron chi connectivity index (χ1n) is 11.4. The van der Waals surface area contributed by atoms with Crippen molar-refractivity contribution < 1.29 is 18.0 Å². The van der Waals surface area contributed by atoms with E-state index in [0.29, 0.717) is 15.7 Å². The molecule has 2 aromatic carbocycles. The van der Waals surface area contributed by atoms with Crippen molar-refractivity contribution in [2.75, 3.05) is 17.1 Å². The van der Waals surface area contributed by atoms with Gasteiger partial charge in [0.25, 0.3) is 0 Å². The molecular weight excluding hydrogens is 509 g/mol. The molecule has 0 bridgehead atoms. The van der Waals surface area contributed by atoms with Gasteiger partial charge in [-0.15, -0.1) is 0 Å². The summed E-state index contributed by atoms with van der Waals surface area (Å²) in [5.41, 5.74) is 1.95. The summed E-state index contributed by atoms with van der Waals surface area (Å²) in [7, 11) is -3.60. The zero-order chi connectivity index (χ0) is 26.3. The van der Waals surface area contributed by atoms with Crippen molar-refractivity contribution in [3.8, 4) is 0 Å². The summed E-state index contributed by atoms with van der Waals surface area (Å²) in [6.45, 7) is 7.43. The van der Waals surface area contributed by atoms with Crippen LogP contribution in [-0.4, -0.2) is 50.0 Å². The normalized spacial score (nSPS) is 12.3. The number of sulfonamides is 1. The molecule has 0 aliphatic heterocycles. The fraction of sp³-hybridized carbons (Fsp3) is 0.440. The van der Waals surface area contributed by atoms with E-state index in [2.05, 4.69) is 5.32 Å². The number of aryl methyl sites for hydroxylation is 1. The predicted octanol–water partition coefficient (Wildman–Crippen LogP) is 4.79. The highest BCUT2D eigenvalue weighted by molar-refractivity contribution is 7.92. The number of benzene rings is 2. The highest BCUT2D eigenvalue weighted by Gasteiger charge is 2.27. The molecule has 0 heterocycles. The summed E-state index contributed by atoms with van der Waals surface area (Å²) in [6, 6.07) is 11.4. The first-order chi connectivity index (χ1) is 16.3. The standard InChI is InChI=1S/C25H33Cl2N3O4S/c1-17(2)28-25(32)19(4)29(16-20-9-6-7-10-22(20)27)24(31)11-8-14-30(35(5,33)34)23-15-21(26)13-12-18(23)3/h6-7,9-10,12-13,15,17,19H,8,11,14,16H2,1-5H3,(H,28,32)/t19-/m0/s1. The number of nitrogens with zero attached hydrogens (tertiary/aromatic N) is 2. The van der Waals surface area contributed by atoms with E-state index < -0.39 is 16.1 Å². The highest BCUT2D eigenvalue weighted by atomic mass is 35.5. The first-order valence-corrected chi connectivity index (χ1v) is 14.0. The predicted molar refractivity (Wildman–Crippen MR) is 142 cm³/mol. The lowest BCUT2D eigenvalue weighted by molar-refractivity contribution is -0.140. The first kappa shape index (κ1) is 28.9. The number of carbonyl (C=O) groups is 2. The Morgan fingerprint density at radius 1 is 1.06 bits per heavy atom. The van der Waals surface area contributed by atoms with E-state index in [1.54, 1.807) is 44.2 Å². The van der Waals surface area contributed by atoms with Crippen LogP contribution in [0.4, 0.5) is 5.69 Å². The maximum Gasteiger partial charge on any atom is 0.242 e. The Bertz CT molecular complexity index is 1160. The summed E-state index contributed by atoms with van der Waals surface area (Å²) in [4.78, 5) is 27.5. The average Bonchev–Trinajstić information content (AvgIpc) is 2.76. The fourth-order valence-electron chi connectivity index (χ4n) is 3.63. The lowest BCUT2D eigenvalue weighted by atomic mass is 10.1. The summed E-state index contributed by atoms with van der Waals surface area (Å²) in [5, 5.41) is 3.76. The van der Waals surface area contributed by atoms with E-state index in [9.17, 15) is 18.0 Å². The number of halogens is 2. The monoisotopic (exact) mass is 541 g/mol. The Hall–Kier alpha value is -2.29. The molecule has 0 aliphatic rings. The molecule has 1 N–H and O–H groups in total. The number of hydrogen-bond donors (Lipinski definition) is 1. The number of hydrogen-bond acceptors (Lipinski definition) is 4. The van der Waals surface area contributed by atoms with Crippen LogP contribution in [0, 0.1) is 6.92 Å². The van der Waals surface area contributed by atoms with Crippen LogP contribution in [0.3, 0.4) is 0 Å². The van der Waals surface area contributed by atoms with Crippen LogP contribution in [0.5, 0.6) is 0 Å². The number of carbonyl (C=O) groups excluding carboxylic acids is 2. The van der Waals surface area contributed by atoms with Gasteiger partial charge in [0.2, 0.25) is 21.8 Å². The van der Waals surface area contributed by atoms with Crippen molar-refractivity contribution in [2.45, 2.75) is 59.2 Å². The van der Waals surface area contributed by atoms with Crippen molar-refractivity contribution in [1.29, 1.82) is 0 Å². The van der Waals surface area contributed by atoms with Crippen molar-refractivity contribution in [3.05, 3.63) is 63.6 Å². The molecule has 7 nitrogen and oxygen atoms in total. The second kappa shape index (κ2) is 12.6. The molecule has 0 aromatic heterocycles. The lowest BCUT2D eigenvalue weighted by Crippen LogP contribution is -2.49. The molecule has 0 unspecified atom stereocenters. The van der Waals surface area contributed by atoms with E-state index in [1.807, 2.05) is 26.0 Å². The van der Waals surface area contributed by atoms with Gasteiger partial charge in [0.1, 0.15) is 6.04 Å². The second-order valence-electron chi connectivity index (χ2n) is 8.82. The Morgan fingerprint density at radius 2 is 1.71 bits per heavy atom. The van der Waals surface area contributed by atoms with E-state index in [1.165, 1.54) is 9.21 Å². The Morgan fingerprint density at radius 3 is 2.31 bits per heavy atom. The largest absolute Gasteiger partial charge is 0.352 e. The quantitative estimate of drug-likeness (QED) is 0.443. The molecular formula is C25H33Cl2N3O4S. The van der Waals surface area contributed by atoms with Crippen molar-refractivity contribution in [3.63, 3.8) is 0 Å². The summed E-state index contributed by atoms with van der Waals surface area (Å²) in [5.74, 6) is -0.541. The molecule has 192 valence electrons. The third-order valence-electron chi connectivity index (χ3n) is 5.49. The van der Waals surface area contributed by atoms with Gasteiger partial charge in [-0.3, -0.25) is 13.9 Å². The van der Waals surface area contributed by atoms with Gasteiger partial charge in [-0.05, 0) is 63.4 Å². The molecule has 2 rings (SSSR count). The molecule has 35 heavy (non-hydrogen) atoms. The van der Waals surface area contributed by atoms with Crippen LogP contribution >= 0.6 is 23.2 Å². The molecule has 0 fully saturated rings. The molecule has 0 saturated carbocycles. The van der Waals surface area contributed by atoms with E-state index in [0.717, 1.165) is 17.4 Å². The SMILES string of the molecule is Cc1ccc(Cl)cc1N(CCCC(=O)N(Cc1ccccc1Cl)[C@@H](C)C(=O)NC(C)C)S(C)(=O)=O. The summed E-state index contributed by atoms with van der Waals surface area (Å²) < 4.78 is 26.3. The third kappa shape index (κ3) is 8.40. The van der Waals surface area contributed by atoms with Gasteiger partial charge in [0.15, 0.2) is 0 Å². The van der Waals surface area contributed by atoms with Crippen LogP contribution in [0.25, 0.3) is 0 Å². The van der Waals surface area contributed by atoms with Gasteiger partial charge >= 0.3 is 0 Å². The molecule has 2 amide bonds. The maximum absolute atomic E-state index is 13.3. The van der Waals surface area contributed by atoms with Crippen molar-refractivity contribution >= 4 is 50.7 Å². The van der Waals surface area contributed by atoms with Gasteiger partial charge in [-0.25, -0.2) is 8.42 Å². The highest BCUT2D eigenvalue weighted by Crippen LogP contribution is 2.27. The van der Waals surface area contributed by atoms with E-state index in [4.69, 9.17) is 23.2 Å². The zero-order valence-electron chi connectivity index (χ0n) is 20.7. The van der Waals surface area contributed by atoms with E-state index in [-0.39, 0.29) is 43.8 Å². The van der Waals surface area contributed by atoms with Crippen molar-refractivity contribution in [1.82, 2.24) is 10.2 Å². The van der Waals surface area contributed by atoms with Crippen molar-refractivity contribution in [2.24, 2.45) is 0 Å². The zero-order valence-corrected chi connectivity index (χ0v) is 23.0. The number of anilines is 1. The molecule has 0 radical (unpaired) electrons. The lowest BCUT2D eigenvalue weighted by Gasteiger charge is -2.30.